The van der Waals surface area contributed by atoms with Crippen LogP contribution in [0.5, 0.6) is 0 Å². The number of pyridine rings is 1. The quantitative estimate of drug-likeness (QED) is 0.0386. The summed E-state index contributed by atoms with van der Waals surface area (Å²) in [5.74, 6) is -5.78. The Balaban J connectivity index is 0.000000437. The first kappa shape index (κ1) is 94.7. The number of aliphatic carboxylic acids is 1. The normalized spacial score (nSPS) is 17.3. The van der Waals surface area contributed by atoms with Crippen LogP contribution in [-0.4, -0.2) is 183 Å². The van der Waals surface area contributed by atoms with E-state index < -0.39 is 124 Å². The Bertz CT molecular complexity index is 3820. The molecule has 0 radical (unpaired) electrons. The molecule has 6 heterocycles. The van der Waals surface area contributed by atoms with E-state index in [4.69, 9.17) is 69.3 Å². The molecule has 31 nitrogen and oxygen atoms in total. The number of anilines is 1. The number of hydrogen-bond donors (Lipinski definition) is 4. The summed E-state index contributed by atoms with van der Waals surface area (Å²) in [5.41, 5.74) is 2.86. The fraction of sp³-hybridized carbons (Fsp3) is 0.557. The summed E-state index contributed by atoms with van der Waals surface area (Å²) in [6.07, 6.45) is 0.848. The van der Waals surface area contributed by atoms with E-state index in [1.165, 1.54) is 38.1 Å². The molecule has 8 rings (SSSR count). The van der Waals surface area contributed by atoms with Gasteiger partial charge in [-0.15, -0.1) is 0 Å². The number of esters is 3. The van der Waals surface area contributed by atoms with Gasteiger partial charge in [0.2, 0.25) is 0 Å². The Morgan fingerprint density at radius 2 is 1.11 bits per heavy atom. The first-order valence-corrected chi connectivity index (χ1v) is 35.7. The number of carbonyl (C=O) groups is 10. The number of imide groups is 2. The van der Waals surface area contributed by atoms with Gasteiger partial charge in [-0.1, -0.05) is 23.8 Å². The number of aliphatic hydroxyl groups is 1. The first-order valence-electron chi connectivity index (χ1n) is 33.1. The van der Waals surface area contributed by atoms with Crippen LogP contribution in [-0.2, 0) is 90.0 Å². The van der Waals surface area contributed by atoms with Crippen molar-refractivity contribution in [3.63, 3.8) is 0 Å². The Hall–Kier alpha value is -8.41. The second-order valence-corrected chi connectivity index (χ2v) is 33.4. The van der Waals surface area contributed by atoms with Crippen LogP contribution in [0, 0.1) is 12.7 Å². The lowest BCUT2D eigenvalue weighted by atomic mass is 9.49. The monoisotopic (exact) mass is 1610 g/mol. The molecule has 37 heteroatoms. The third-order valence-electron chi connectivity index (χ3n) is 14.2. The van der Waals surface area contributed by atoms with Gasteiger partial charge in [-0.25, -0.2) is 43.1 Å². The third-order valence-corrected chi connectivity index (χ3v) is 16.0. The molecule has 594 valence electrons. The van der Waals surface area contributed by atoms with E-state index in [-0.39, 0.29) is 75.8 Å². The zero-order valence-electron chi connectivity index (χ0n) is 65.1. The number of amides is 5. The second-order valence-electron chi connectivity index (χ2n) is 30.6. The van der Waals surface area contributed by atoms with Crippen molar-refractivity contribution in [2.24, 2.45) is 0 Å². The molecular formula is C70H100B2BrClFN5O26S. The highest BCUT2D eigenvalue weighted by atomic mass is 79.9. The smallest absolute Gasteiger partial charge is 0.488 e. The molecule has 0 spiro atoms. The highest BCUT2D eigenvalue weighted by Gasteiger charge is 2.64. The minimum absolute atomic E-state index is 0.0304. The number of cyclic esters (lactones) is 2. The molecule has 0 saturated carbocycles. The molecule has 107 heavy (non-hydrogen) atoms. The van der Waals surface area contributed by atoms with Gasteiger partial charge in [0.25, 0.3) is 17.6 Å². The number of aliphatic hydroxyl groups excluding tert-OH is 1. The minimum Gasteiger partial charge on any atom is -0.510 e. The third kappa shape index (κ3) is 33.3. The molecule has 1 aromatic heterocycles. The Morgan fingerprint density at radius 3 is 1.48 bits per heavy atom. The van der Waals surface area contributed by atoms with Gasteiger partial charge in [0.1, 0.15) is 63.4 Å². The van der Waals surface area contributed by atoms with Crippen molar-refractivity contribution >= 4 is 117 Å². The highest BCUT2D eigenvalue weighted by molar-refractivity contribution is 9.10. The van der Waals surface area contributed by atoms with Crippen molar-refractivity contribution in [1.29, 1.82) is 0 Å². The number of nitrogens with one attached hydrogen (secondary N) is 1. The molecule has 0 aliphatic carbocycles. The molecule has 2 aromatic carbocycles. The van der Waals surface area contributed by atoms with Crippen LogP contribution in [0.2, 0.25) is 0 Å². The predicted octanol–water partition coefficient (Wildman–Crippen LogP) is 12.6. The molecule has 3 saturated heterocycles. The number of nitrogen functional groups attached to an aromatic ring is 1. The van der Waals surface area contributed by atoms with Crippen molar-refractivity contribution in [2.45, 2.75) is 241 Å². The Morgan fingerprint density at radius 1 is 0.682 bits per heavy atom. The molecular weight excluding hydrogens is 1510 g/mol. The fourth-order valence-corrected chi connectivity index (χ4v) is 9.61. The van der Waals surface area contributed by atoms with Crippen molar-refractivity contribution in [1.82, 2.24) is 20.1 Å². The van der Waals surface area contributed by atoms with Crippen molar-refractivity contribution in [2.75, 3.05) is 25.4 Å². The lowest BCUT2D eigenvalue weighted by molar-refractivity contribution is -0.231. The standard InChI is InChI=1S/C16H16BrFN2O2.C16H19NO6S.C12H24B2O4.C9H13NO4.C7H13NO4.C6H8O4.C4H7ClO2/c1-16(2,3)22-15(21)11-5-4-9(6-13(11)18)12-7-10(17)8-20-14(12)19;1-11-5-7-13(8-6-11)24(20,21)23-12-9-14(18)17(10-12)15(19)22-16(2,3)4;1-9(2)10(3,4)16-13(15-9)14-17-11(5,6)12(7,8)18-14;1-9(2,3)14-8(13)10-5-6(11)4-7(10)12;1-7(2,3)12-6(11)8-4-5(9)10;1-6(2)9-4(7)3-5(8)10-6;1-3(2)7-4(5)6/h4-8H,1-3H3,(H2,19,20);5-9H,10H2,1-4H3;1-8H3;4,11H,5H2,1-3H3;4H2,1-3H3,(H,8,11)(H,9,10);3H2,1-2H3;3H,1-2H3. The summed E-state index contributed by atoms with van der Waals surface area (Å²) in [6, 6.07) is 12.1. The summed E-state index contributed by atoms with van der Waals surface area (Å²) >= 11 is 8.11. The minimum atomic E-state index is -4.07. The van der Waals surface area contributed by atoms with Crippen molar-refractivity contribution in [3.05, 3.63) is 99.8 Å². The summed E-state index contributed by atoms with van der Waals surface area (Å²) in [4.78, 5) is 115. The number of rotatable bonds is 9. The van der Waals surface area contributed by atoms with Crippen LogP contribution in [0.15, 0.2) is 87.8 Å². The average molecular weight is 1620 g/mol. The van der Waals surface area contributed by atoms with E-state index in [9.17, 15) is 60.8 Å². The lowest BCUT2D eigenvalue weighted by Crippen LogP contribution is -2.41. The summed E-state index contributed by atoms with van der Waals surface area (Å²) in [6.45, 7) is 44.1. The van der Waals surface area contributed by atoms with E-state index in [1.54, 1.807) is 127 Å². The van der Waals surface area contributed by atoms with E-state index >= 15 is 0 Å². The number of alkyl carbamates (subject to hydrolysis) is 1. The molecule has 5 aliphatic rings. The number of carboxylic acids is 1. The molecule has 3 fully saturated rings. The summed E-state index contributed by atoms with van der Waals surface area (Å²) < 4.78 is 102. The number of carbonyl (C=O) groups excluding carboxylic acids is 9. The molecule has 0 atom stereocenters. The molecule has 0 bridgehead atoms. The zero-order chi connectivity index (χ0) is 82.9. The Kier molecular flexibility index (Phi) is 33.3. The van der Waals surface area contributed by atoms with E-state index in [0.717, 1.165) is 32.0 Å². The van der Waals surface area contributed by atoms with E-state index in [1.807, 2.05) is 62.3 Å². The number of nitrogens with zero attached hydrogens (tertiary/aromatic N) is 3. The number of benzene rings is 2. The largest absolute Gasteiger partial charge is 0.510 e. The van der Waals surface area contributed by atoms with Gasteiger partial charge in [0.05, 0.1) is 47.2 Å². The van der Waals surface area contributed by atoms with Crippen LogP contribution < -0.4 is 11.1 Å². The average Bonchev–Trinajstić information content (AvgIpc) is 1.60. The van der Waals surface area contributed by atoms with Gasteiger partial charge in [-0.3, -0.25) is 24.0 Å². The van der Waals surface area contributed by atoms with Gasteiger partial charge in [-0.2, -0.15) is 8.42 Å². The molecule has 0 unspecified atom stereocenters. The van der Waals surface area contributed by atoms with Crippen molar-refractivity contribution in [3.8, 4) is 11.1 Å². The van der Waals surface area contributed by atoms with Gasteiger partial charge in [0, 0.05) is 53.8 Å². The van der Waals surface area contributed by atoms with Crippen LogP contribution in [0.25, 0.3) is 11.1 Å². The van der Waals surface area contributed by atoms with Crippen LogP contribution >= 0.6 is 27.5 Å². The maximum absolute atomic E-state index is 14.2. The molecule has 5 amide bonds. The van der Waals surface area contributed by atoms with Gasteiger partial charge in [0.15, 0.2) is 0 Å². The zero-order valence-corrected chi connectivity index (χ0v) is 68.2. The van der Waals surface area contributed by atoms with Gasteiger partial charge < -0.3 is 77.2 Å². The highest BCUT2D eigenvalue weighted by Crippen LogP contribution is 2.43. The van der Waals surface area contributed by atoms with Gasteiger partial charge in [-0.05, 0) is 211 Å². The number of hydrogen-bond acceptors (Lipinski definition) is 27. The number of nitrogens with two attached hydrogens (primary N) is 1. The van der Waals surface area contributed by atoms with Crippen LogP contribution in [0.1, 0.15) is 189 Å². The number of carboxylic acid groups (broad SMARTS) is 1. The topological polar surface area (TPSA) is 413 Å². The number of aromatic nitrogens is 1. The SMILES string of the molecule is CC(C)(C)OC(=O)N1CC(O)=CC1=O.CC(C)(C)OC(=O)NCC(=O)O.CC(C)(C)OC(=O)c1ccc(-c2cc(Br)cnc2N)cc1F.CC(C)OC(=O)Cl.CC1(C)OB(B2OC(C)(C)C(C)(C)O2)OC1(C)C.CC1(C)OC(=O)CC(=O)O1.Cc1ccc(S(=O)(=O)OC2=CC(=O)N(C(=O)OC(C)(C)C)C2)cc1. The number of halogens is 3. The molecule has 5 aliphatic heterocycles. The van der Waals surface area contributed by atoms with Crippen molar-refractivity contribution < 1.29 is 127 Å². The Labute approximate surface area is 638 Å². The van der Waals surface area contributed by atoms with E-state index in [0.29, 0.717) is 11.1 Å². The predicted molar refractivity (Wildman–Crippen MR) is 393 cm³/mol. The van der Waals surface area contributed by atoms with Crippen LogP contribution in [0.4, 0.5) is 29.4 Å². The maximum Gasteiger partial charge on any atom is 0.488 e. The van der Waals surface area contributed by atoms with Gasteiger partial charge >= 0.3 is 71.7 Å². The van der Waals surface area contributed by atoms with E-state index in [2.05, 4.69) is 40.4 Å². The molecule has 3 aromatic rings. The first-order chi connectivity index (χ1) is 48.3. The molecule has 5 N–H and O–H groups in total. The lowest BCUT2D eigenvalue weighted by Gasteiger charge is -2.32. The second kappa shape index (κ2) is 37.6. The fourth-order valence-electron chi connectivity index (χ4n) is 8.16. The summed E-state index contributed by atoms with van der Waals surface area (Å²) in [5, 5.41) is 19.3. The summed E-state index contributed by atoms with van der Waals surface area (Å²) in [7, 11) is -5.02. The van der Waals surface area contributed by atoms with Crippen LogP contribution in [0.3, 0.4) is 0 Å². The number of ether oxygens (including phenoxy) is 7. The number of aryl methyl sites for hydroxylation is 1. The maximum atomic E-state index is 14.2.